The van der Waals surface area contributed by atoms with Crippen LogP contribution < -0.4 is 10.1 Å². The second-order valence-electron chi connectivity index (χ2n) is 4.41. The molecule has 3 nitrogen and oxygen atoms in total. The van der Waals surface area contributed by atoms with Crippen molar-refractivity contribution < 1.29 is 9.15 Å². The van der Waals surface area contributed by atoms with Crippen molar-refractivity contribution in [3.8, 4) is 5.75 Å². The number of hydrogen-bond donors (Lipinski definition) is 1. The fourth-order valence-corrected chi connectivity index (χ4v) is 2.57. The number of hydrogen-bond acceptors (Lipinski definition) is 3. The van der Waals surface area contributed by atoms with E-state index in [1.54, 1.807) is 12.3 Å². The summed E-state index contributed by atoms with van der Waals surface area (Å²) in [6, 6.07) is 7.41. The fourth-order valence-electron chi connectivity index (χ4n) is 1.78. The van der Waals surface area contributed by atoms with Gasteiger partial charge in [-0.05, 0) is 53.2 Å². The Kier molecular flexibility index (Phi) is 5.95. The number of nitrogens with one attached hydrogen (secondary N) is 1. The van der Waals surface area contributed by atoms with Gasteiger partial charge >= 0.3 is 0 Å². The molecule has 1 aromatic carbocycles. The summed E-state index contributed by atoms with van der Waals surface area (Å²) < 4.78 is 12.1. The van der Waals surface area contributed by atoms with Gasteiger partial charge in [0.1, 0.15) is 18.1 Å². The molecule has 0 aliphatic heterocycles. The molecule has 0 aliphatic carbocycles. The summed E-state index contributed by atoms with van der Waals surface area (Å²) in [4.78, 5) is 0. The Morgan fingerprint density at radius 2 is 2.20 bits per heavy atom. The Hall–Kier alpha value is -0.970. The second-order valence-corrected chi connectivity index (χ2v) is 5.70. The van der Waals surface area contributed by atoms with Gasteiger partial charge in [-0.3, -0.25) is 0 Å². The maximum absolute atomic E-state index is 5.90. The monoisotopic (exact) mass is 357 g/mol. The molecule has 0 aliphatic rings. The molecule has 20 heavy (non-hydrogen) atoms. The normalized spacial score (nSPS) is 10.8. The van der Waals surface area contributed by atoms with E-state index in [0.717, 1.165) is 41.1 Å². The average Bonchev–Trinajstić information content (AvgIpc) is 2.86. The third-order valence-electron chi connectivity index (χ3n) is 2.83. The summed E-state index contributed by atoms with van der Waals surface area (Å²) in [6.45, 7) is 4.31. The average molecular weight is 359 g/mol. The van der Waals surface area contributed by atoms with Crippen molar-refractivity contribution >= 4 is 27.5 Å². The molecule has 0 saturated heterocycles. The van der Waals surface area contributed by atoms with Gasteiger partial charge < -0.3 is 14.5 Å². The molecule has 5 heteroatoms. The molecular formula is C15H17BrClNO2. The first-order valence-corrected chi connectivity index (χ1v) is 7.71. The van der Waals surface area contributed by atoms with Crippen LogP contribution in [0.2, 0.25) is 5.02 Å². The third-order valence-corrected chi connectivity index (χ3v) is 3.68. The molecule has 108 valence electrons. The van der Waals surface area contributed by atoms with Gasteiger partial charge in [-0.1, -0.05) is 18.5 Å². The van der Waals surface area contributed by atoms with Crippen molar-refractivity contribution in [2.45, 2.75) is 26.5 Å². The molecule has 0 saturated carbocycles. The van der Waals surface area contributed by atoms with E-state index in [2.05, 4.69) is 28.2 Å². The number of ether oxygens (including phenoxy) is 1. The zero-order valence-corrected chi connectivity index (χ0v) is 13.6. The van der Waals surface area contributed by atoms with Crippen molar-refractivity contribution in [2.75, 3.05) is 6.54 Å². The van der Waals surface area contributed by atoms with Crippen LogP contribution in [0.4, 0.5) is 0 Å². The minimum atomic E-state index is 0.472. The number of rotatable bonds is 7. The molecule has 2 aromatic rings. The first-order valence-electron chi connectivity index (χ1n) is 6.54. The van der Waals surface area contributed by atoms with Gasteiger partial charge in [0.15, 0.2) is 0 Å². The molecule has 0 spiro atoms. The maximum atomic E-state index is 5.90. The molecule has 0 atom stereocenters. The quantitative estimate of drug-likeness (QED) is 0.724. The summed E-state index contributed by atoms with van der Waals surface area (Å²) in [5.74, 6) is 1.69. The lowest BCUT2D eigenvalue weighted by molar-refractivity contribution is 0.299. The van der Waals surface area contributed by atoms with E-state index in [0.29, 0.717) is 11.6 Å². The smallest absolute Gasteiger partial charge is 0.134 e. The molecule has 1 N–H and O–H groups in total. The van der Waals surface area contributed by atoms with Crippen LogP contribution in [0.1, 0.15) is 24.7 Å². The van der Waals surface area contributed by atoms with E-state index in [4.69, 9.17) is 20.8 Å². The van der Waals surface area contributed by atoms with Crippen molar-refractivity contribution in [1.82, 2.24) is 5.32 Å². The number of halogens is 2. The Morgan fingerprint density at radius 1 is 1.35 bits per heavy atom. The van der Waals surface area contributed by atoms with E-state index in [1.165, 1.54) is 0 Å². The van der Waals surface area contributed by atoms with Crippen LogP contribution in [0.15, 0.2) is 39.4 Å². The summed E-state index contributed by atoms with van der Waals surface area (Å²) >= 11 is 9.34. The Morgan fingerprint density at radius 3 is 2.95 bits per heavy atom. The van der Waals surface area contributed by atoms with E-state index < -0.39 is 0 Å². The standard InChI is InChI=1S/C15H17BrClNO2/c1-2-6-18-9-15-11(5-7-19-15)10-20-14-4-3-12(17)8-13(14)16/h3-5,7-8,18H,2,6,9-10H2,1H3. The summed E-state index contributed by atoms with van der Waals surface area (Å²) in [5.41, 5.74) is 1.05. The van der Waals surface area contributed by atoms with Crippen LogP contribution in [-0.2, 0) is 13.2 Å². The summed E-state index contributed by atoms with van der Waals surface area (Å²) in [7, 11) is 0. The van der Waals surface area contributed by atoms with Crippen LogP contribution in [0.5, 0.6) is 5.75 Å². The SMILES string of the molecule is CCCNCc1occc1COc1ccc(Cl)cc1Br. The van der Waals surface area contributed by atoms with Gasteiger partial charge in [0.2, 0.25) is 0 Å². The van der Waals surface area contributed by atoms with E-state index in [1.807, 2.05) is 18.2 Å². The van der Waals surface area contributed by atoms with Crippen molar-refractivity contribution in [1.29, 1.82) is 0 Å². The first kappa shape index (κ1) is 15.4. The van der Waals surface area contributed by atoms with E-state index in [9.17, 15) is 0 Å². The third kappa shape index (κ3) is 4.27. The summed E-state index contributed by atoms with van der Waals surface area (Å²) in [5, 5.41) is 4.00. The largest absolute Gasteiger partial charge is 0.488 e. The fraction of sp³-hybridized carbons (Fsp3) is 0.333. The second kappa shape index (κ2) is 7.72. The molecule has 1 aromatic heterocycles. The maximum Gasteiger partial charge on any atom is 0.134 e. The van der Waals surface area contributed by atoms with Crippen LogP contribution >= 0.6 is 27.5 Å². The van der Waals surface area contributed by atoms with E-state index in [-0.39, 0.29) is 0 Å². The Bertz CT molecular complexity index is 557. The number of furan rings is 1. The molecule has 0 radical (unpaired) electrons. The predicted octanol–water partition coefficient (Wildman–Crippen LogP) is 4.77. The van der Waals surface area contributed by atoms with Gasteiger partial charge in [0.25, 0.3) is 0 Å². The lowest BCUT2D eigenvalue weighted by atomic mass is 10.2. The highest BCUT2D eigenvalue weighted by Gasteiger charge is 2.08. The highest BCUT2D eigenvalue weighted by molar-refractivity contribution is 9.10. The topological polar surface area (TPSA) is 34.4 Å². The Balaban J connectivity index is 1.95. The molecule has 1 heterocycles. The van der Waals surface area contributed by atoms with Gasteiger partial charge in [-0.2, -0.15) is 0 Å². The lowest BCUT2D eigenvalue weighted by Gasteiger charge is -2.09. The van der Waals surface area contributed by atoms with Gasteiger partial charge in [-0.15, -0.1) is 0 Å². The zero-order valence-electron chi connectivity index (χ0n) is 11.3. The van der Waals surface area contributed by atoms with Crippen molar-refractivity contribution in [3.63, 3.8) is 0 Å². The minimum absolute atomic E-state index is 0.472. The lowest BCUT2D eigenvalue weighted by Crippen LogP contribution is -2.14. The number of benzene rings is 1. The predicted molar refractivity (Wildman–Crippen MR) is 84.2 cm³/mol. The molecule has 0 unspecified atom stereocenters. The van der Waals surface area contributed by atoms with Crippen LogP contribution in [0.25, 0.3) is 0 Å². The molecule has 0 amide bonds. The Labute approximate surface area is 132 Å². The van der Waals surface area contributed by atoms with Gasteiger partial charge in [0.05, 0.1) is 17.3 Å². The van der Waals surface area contributed by atoms with Gasteiger partial charge in [0, 0.05) is 10.6 Å². The molecule has 0 fully saturated rings. The first-order chi connectivity index (χ1) is 9.70. The van der Waals surface area contributed by atoms with Crippen LogP contribution in [0.3, 0.4) is 0 Å². The van der Waals surface area contributed by atoms with Crippen LogP contribution in [-0.4, -0.2) is 6.54 Å². The molecule has 2 rings (SSSR count). The van der Waals surface area contributed by atoms with Crippen LogP contribution in [0, 0.1) is 0 Å². The molecular weight excluding hydrogens is 342 g/mol. The minimum Gasteiger partial charge on any atom is -0.488 e. The van der Waals surface area contributed by atoms with E-state index >= 15 is 0 Å². The highest BCUT2D eigenvalue weighted by atomic mass is 79.9. The molecule has 0 bridgehead atoms. The van der Waals surface area contributed by atoms with Crippen molar-refractivity contribution in [3.05, 3.63) is 51.3 Å². The highest BCUT2D eigenvalue weighted by Crippen LogP contribution is 2.29. The summed E-state index contributed by atoms with van der Waals surface area (Å²) in [6.07, 6.45) is 2.79. The zero-order chi connectivity index (χ0) is 14.4. The van der Waals surface area contributed by atoms with Crippen molar-refractivity contribution in [2.24, 2.45) is 0 Å². The van der Waals surface area contributed by atoms with Gasteiger partial charge in [-0.25, -0.2) is 0 Å².